The Bertz CT molecular complexity index is 463. The summed E-state index contributed by atoms with van der Waals surface area (Å²) in [4.78, 5) is 20.8. The van der Waals surface area contributed by atoms with Gasteiger partial charge in [-0.05, 0) is 41.6 Å². The van der Waals surface area contributed by atoms with Crippen LogP contribution < -0.4 is 4.72 Å². The van der Waals surface area contributed by atoms with Crippen LogP contribution in [0.3, 0.4) is 0 Å². The van der Waals surface area contributed by atoms with Crippen molar-refractivity contribution in [2.24, 2.45) is 0 Å². The van der Waals surface area contributed by atoms with E-state index in [9.17, 15) is 9.59 Å². The summed E-state index contributed by atoms with van der Waals surface area (Å²) in [7, 11) is 0. The number of hydrogen-bond donors (Lipinski definition) is 3. The molecule has 104 valence electrons. The van der Waals surface area contributed by atoms with E-state index in [1.807, 2.05) is 23.8 Å². The third kappa shape index (κ3) is 8.54. The van der Waals surface area contributed by atoms with Crippen LogP contribution in [0, 0.1) is 0 Å². The van der Waals surface area contributed by atoms with Gasteiger partial charge in [0, 0.05) is 6.20 Å². The number of hydrogen-bond acceptors (Lipinski definition) is 4. The van der Waals surface area contributed by atoms with Crippen LogP contribution in [0.1, 0.15) is 20.7 Å². The van der Waals surface area contributed by atoms with Gasteiger partial charge < -0.3 is 20.4 Å². The van der Waals surface area contributed by atoms with E-state index in [1.165, 1.54) is 18.2 Å². The van der Waals surface area contributed by atoms with Crippen molar-refractivity contribution in [3.05, 3.63) is 59.2 Å². The predicted molar refractivity (Wildman–Crippen MR) is 80.1 cm³/mol. The Balaban J connectivity index is 0. The average molecular weight is 323 g/mol. The third-order valence-electron chi connectivity index (χ3n) is 1.85. The second-order valence-electron chi connectivity index (χ2n) is 3.11. The van der Waals surface area contributed by atoms with E-state index in [1.54, 1.807) is 11.9 Å². The summed E-state index contributed by atoms with van der Waals surface area (Å²) < 4.78 is 2.93. The molecule has 0 aromatic heterocycles. The monoisotopic (exact) mass is 323 g/mol. The maximum atomic E-state index is 10.4. The van der Waals surface area contributed by atoms with Gasteiger partial charge in [-0.3, -0.25) is 0 Å². The van der Waals surface area contributed by atoms with Crippen molar-refractivity contribution in [1.82, 2.24) is 4.72 Å². The van der Waals surface area contributed by atoms with E-state index in [0.29, 0.717) is 0 Å². The fourth-order valence-electron chi connectivity index (χ4n) is 1.04. The Morgan fingerprint density at radius 1 is 1.05 bits per heavy atom. The van der Waals surface area contributed by atoms with Crippen LogP contribution in [0.5, 0.6) is 0 Å². The molecule has 0 saturated heterocycles. The first-order chi connectivity index (χ1) is 8.61. The van der Waals surface area contributed by atoms with E-state index in [2.05, 4.69) is 4.72 Å². The van der Waals surface area contributed by atoms with Crippen molar-refractivity contribution in [3.8, 4) is 0 Å². The summed E-state index contributed by atoms with van der Waals surface area (Å²) in [6.45, 7) is 0. The minimum atomic E-state index is -1.13. The first kappa shape index (κ1) is 21.7. The summed E-state index contributed by atoms with van der Waals surface area (Å²) in [5.74, 6) is -2.25. The molecule has 6 nitrogen and oxygen atoms in total. The van der Waals surface area contributed by atoms with E-state index in [4.69, 9.17) is 10.2 Å². The van der Waals surface area contributed by atoms with Gasteiger partial charge in [0.2, 0.25) is 0 Å². The number of benzene rings is 1. The molecule has 0 unspecified atom stereocenters. The summed E-state index contributed by atoms with van der Waals surface area (Å²) in [5, 5.41) is 19.0. The van der Waals surface area contributed by atoms with E-state index < -0.39 is 11.9 Å². The fourth-order valence-corrected chi connectivity index (χ4v) is 1.45. The van der Waals surface area contributed by atoms with Crippen LogP contribution in [-0.2, 0) is 0 Å². The summed E-state index contributed by atoms with van der Waals surface area (Å²) in [6.07, 6.45) is 5.84. The molecule has 1 aromatic rings. The molecular weight excluding hydrogens is 309 g/mol. The number of carboxylic acids is 2. The first-order valence-corrected chi connectivity index (χ1v) is 5.78. The van der Waals surface area contributed by atoms with Crippen LogP contribution in [0.25, 0.3) is 0 Å². The number of allylic oxidation sites excluding steroid dienone is 2. The predicted octanol–water partition coefficient (Wildman–Crippen LogP) is 0.875. The molecule has 0 atom stereocenters. The molecule has 0 spiro atoms. The zero-order chi connectivity index (χ0) is 13.4. The third-order valence-corrected chi connectivity index (χ3v) is 2.41. The maximum absolute atomic E-state index is 10.4. The SMILES string of the molecule is C1=CNSC=C1.O.O=C(O)c1cccc(C(=O)O)c1.[KH]. The van der Waals surface area contributed by atoms with Gasteiger partial charge in [0.25, 0.3) is 0 Å². The van der Waals surface area contributed by atoms with Gasteiger partial charge in [-0.15, -0.1) is 0 Å². The fraction of sp³-hybridized carbons (Fsp3) is 0. The second-order valence-corrected chi connectivity index (χ2v) is 3.86. The Hall–Kier alpha value is -0.614. The zero-order valence-corrected chi connectivity index (χ0v) is 10.6. The normalized spacial score (nSPS) is 10.8. The molecule has 2 rings (SSSR count). The van der Waals surface area contributed by atoms with Crippen LogP contribution in [0.15, 0.2) is 48.0 Å². The molecular formula is C12H14KNO5S. The van der Waals surface area contributed by atoms with Crippen molar-refractivity contribution < 1.29 is 25.3 Å². The Labute approximate surface area is 162 Å². The summed E-state index contributed by atoms with van der Waals surface area (Å²) >= 11 is 1.58. The number of carbonyl (C=O) groups is 2. The van der Waals surface area contributed by atoms with E-state index in [-0.39, 0.29) is 68.0 Å². The van der Waals surface area contributed by atoms with Crippen molar-refractivity contribution >= 4 is 75.3 Å². The van der Waals surface area contributed by atoms with Crippen LogP contribution in [-0.4, -0.2) is 79.0 Å². The molecule has 0 aliphatic carbocycles. The van der Waals surface area contributed by atoms with Gasteiger partial charge in [0.1, 0.15) is 0 Å². The number of carboxylic acid groups (broad SMARTS) is 2. The van der Waals surface area contributed by atoms with Crippen molar-refractivity contribution in [1.29, 1.82) is 0 Å². The summed E-state index contributed by atoms with van der Waals surface area (Å²) in [5.41, 5.74) is -0.0372. The molecule has 1 aliphatic heterocycles. The van der Waals surface area contributed by atoms with Crippen molar-refractivity contribution in [3.63, 3.8) is 0 Å². The molecule has 0 fully saturated rings. The van der Waals surface area contributed by atoms with Gasteiger partial charge >= 0.3 is 63.3 Å². The van der Waals surface area contributed by atoms with Gasteiger partial charge in [-0.25, -0.2) is 9.59 Å². The molecule has 20 heavy (non-hydrogen) atoms. The van der Waals surface area contributed by atoms with Gasteiger partial charge in [-0.2, -0.15) is 0 Å². The quantitative estimate of drug-likeness (QED) is 0.549. The molecule has 0 saturated carbocycles. The summed E-state index contributed by atoms with van der Waals surface area (Å²) in [6, 6.07) is 5.20. The van der Waals surface area contributed by atoms with Crippen LogP contribution in [0.4, 0.5) is 0 Å². The number of aromatic carboxylic acids is 2. The van der Waals surface area contributed by atoms with Crippen molar-refractivity contribution in [2.45, 2.75) is 0 Å². The molecule has 5 N–H and O–H groups in total. The molecule has 1 aromatic carbocycles. The van der Waals surface area contributed by atoms with E-state index in [0.717, 1.165) is 6.07 Å². The van der Waals surface area contributed by atoms with Gasteiger partial charge in [0.05, 0.1) is 11.1 Å². The van der Waals surface area contributed by atoms with Crippen LogP contribution >= 0.6 is 11.9 Å². The topological polar surface area (TPSA) is 118 Å². The molecule has 0 radical (unpaired) electrons. The molecule has 1 heterocycles. The molecule has 1 aliphatic rings. The standard InChI is InChI=1S/C8H6O4.C4H5NS.K.H2O.H/c9-7(10)5-2-1-3-6(4-5)8(11)12;1-2-4-6-5-3-1;;;/h1-4H,(H,9,10)(H,11,12);1-5H;;1H2;. The number of rotatable bonds is 2. The minimum absolute atomic E-state index is 0. The molecule has 0 bridgehead atoms. The second kappa shape index (κ2) is 12.2. The van der Waals surface area contributed by atoms with Gasteiger partial charge in [0.15, 0.2) is 0 Å². The average Bonchev–Trinajstić information content (AvgIpc) is 2.41. The zero-order valence-electron chi connectivity index (χ0n) is 9.74. The Morgan fingerprint density at radius 3 is 1.85 bits per heavy atom. The van der Waals surface area contributed by atoms with Crippen LogP contribution in [0.2, 0.25) is 0 Å². The van der Waals surface area contributed by atoms with Crippen molar-refractivity contribution in [2.75, 3.05) is 0 Å². The Morgan fingerprint density at radius 2 is 1.60 bits per heavy atom. The van der Waals surface area contributed by atoms with Gasteiger partial charge in [-0.1, -0.05) is 12.1 Å². The Kier molecular flexibility index (Phi) is 13.2. The van der Waals surface area contributed by atoms with E-state index >= 15 is 0 Å². The number of nitrogens with one attached hydrogen (secondary N) is 1. The first-order valence-electron chi connectivity index (χ1n) is 4.91. The molecule has 0 amide bonds. The molecule has 8 heteroatoms.